The molecule has 0 saturated carbocycles. The van der Waals surface area contributed by atoms with Gasteiger partial charge in [-0.15, -0.1) is 12.4 Å². The average Bonchev–Trinajstić information content (AvgIpc) is 2.87. The summed E-state index contributed by atoms with van der Waals surface area (Å²) < 4.78 is 7.41. The lowest BCUT2D eigenvalue weighted by Gasteiger charge is -2.38. The van der Waals surface area contributed by atoms with Gasteiger partial charge in [-0.1, -0.05) is 0 Å². The molecule has 2 heterocycles. The number of aryl methyl sites for hydroxylation is 1. The topological polar surface area (TPSA) is 56.3 Å². The summed E-state index contributed by atoms with van der Waals surface area (Å²) in [5.74, 6) is 0. The SMILES string of the molecule is CCn1cc(CN2CCC(OC)CC2CN)cn1.Cl. The zero-order valence-electron chi connectivity index (χ0n) is 11.8. The predicted octanol–water partition coefficient (Wildman–Crippen LogP) is 1.26. The number of ether oxygens (including phenoxy) is 1. The van der Waals surface area contributed by atoms with Crippen LogP contribution in [0.1, 0.15) is 25.3 Å². The minimum Gasteiger partial charge on any atom is -0.381 e. The highest BCUT2D eigenvalue weighted by Crippen LogP contribution is 2.21. The van der Waals surface area contributed by atoms with Crippen LogP contribution in [0.25, 0.3) is 0 Å². The Labute approximate surface area is 121 Å². The fourth-order valence-corrected chi connectivity index (χ4v) is 2.63. The molecule has 2 atom stereocenters. The lowest BCUT2D eigenvalue weighted by atomic mass is 9.99. The highest BCUT2D eigenvalue weighted by molar-refractivity contribution is 5.85. The maximum absolute atomic E-state index is 5.88. The first-order chi connectivity index (χ1) is 8.76. The van der Waals surface area contributed by atoms with Crippen molar-refractivity contribution in [3.05, 3.63) is 18.0 Å². The van der Waals surface area contributed by atoms with Gasteiger partial charge >= 0.3 is 0 Å². The van der Waals surface area contributed by atoms with Crippen molar-refractivity contribution in [2.24, 2.45) is 5.73 Å². The number of halogens is 1. The summed E-state index contributed by atoms with van der Waals surface area (Å²) in [4.78, 5) is 2.45. The first-order valence-electron chi connectivity index (χ1n) is 6.75. The minimum absolute atomic E-state index is 0. The van der Waals surface area contributed by atoms with Crippen LogP contribution >= 0.6 is 12.4 Å². The zero-order valence-corrected chi connectivity index (χ0v) is 12.6. The Kier molecular flexibility index (Phi) is 6.79. The fraction of sp³-hybridized carbons (Fsp3) is 0.769. The lowest BCUT2D eigenvalue weighted by molar-refractivity contribution is 0.0102. The summed E-state index contributed by atoms with van der Waals surface area (Å²) in [5, 5.41) is 4.32. The van der Waals surface area contributed by atoms with Crippen molar-refractivity contribution in [2.45, 2.75) is 45.0 Å². The Hall–Kier alpha value is -0.620. The van der Waals surface area contributed by atoms with Crippen LogP contribution in [-0.2, 0) is 17.8 Å². The summed E-state index contributed by atoms with van der Waals surface area (Å²) in [6.45, 7) is 5.72. The molecular formula is C13H25ClN4O. The number of nitrogens with two attached hydrogens (primary N) is 1. The van der Waals surface area contributed by atoms with Gasteiger partial charge in [-0.05, 0) is 19.8 Å². The third kappa shape index (κ3) is 4.18. The summed E-state index contributed by atoms with van der Waals surface area (Å²) in [6.07, 6.45) is 6.58. The van der Waals surface area contributed by atoms with Crippen molar-refractivity contribution in [2.75, 3.05) is 20.2 Å². The third-order valence-electron chi connectivity index (χ3n) is 3.79. The first kappa shape index (κ1) is 16.4. The van der Waals surface area contributed by atoms with Crippen LogP contribution in [0.2, 0.25) is 0 Å². The van der Waals surface area contributed by atoms with E-state index < -0.39 is 0 Å². The van der Waals surface area contributed by atoms with Crippen LogP contribution in [-0.4, -0.2) is 47.0 Å². The number of nitrogens with zero attached hydrogens (tertiary/aromatic N) is 3. The van der Waals surface area contributed by atoms with E-state index in [0.717, 1.165) is 32.5 Å². The molecule has 0 aromatic carbocycles. The molecule has 2 rings (SSSR count). The van der Waals surface area contributed by atoms with E-state index in [4.69, 9.17) is 10.5 Å². The number of likely N-dealkylation sites (tertiary alicyclic amines) is 1. The Morgan fingerprint density at radius 2 is 2.32 bits per heavy atom. The van der Waals surface area contributed by atoms with E-state index in [9.17, 15) is 0 Å². The van der Waals surface area contributed by atoms with Gasteiger partial charge in [0.25, 0.3) is 0 Å². The van der Waals surface area contributed by atoms with Crippen LogP contribution in [0, 0.1) is 0 Å². The van der Waals surface area contributed by atoms with E-state index in [1.807, 2.05) is 10.9 Å². The van der Waals surface area contributed by atoms with Gasteiger partial charge in [0.1, 0.15) is 0 Å². The molecule has 0 radical (unpaired) electrons. The average molecular weight is 289 g/mol. The van der Waals surface area contributed by atoms with E-state index in [2.05, 4.69) is 23.1 Å². The van der Waals surface area contributed by atoms with Crippen molar-refractivity contribution in [1.29, 1.82) is 0 Å². The molecule has 2 unspecified atom stereocenters. The quantitative estimate of drug-likeness (QED) is 0.886. The monoisotopic (exact) mass is 288 g/mol. The van der Waals surface area contributed by atoms with Crippen LogP contribution in [0.15, 0.2) is 12.4 Å². The second kappa shape index (κ2) is 7.85. The molecule has 1 aliphatic heterocycles. The molecule has 2 N–H and O–H groups in total. The molecular weight excluding hydrogens is 264 g/mol. The second-order valence-corrected chi connectivity index (χ2v) is 4.95. The highest BCUT2D eigenvalue weighted by atomic mass is 35.5. The number of piperidine rings is 1. The number of methoxy groups -OCH3 is 1. The van der Waals surface area contributed by atoms with Gasteiger partial charge in [-0.25, -0.2) is 0 Å². The van der Waals surface area contributed by atoms with Crippen LogP contribution in [0.4, 0.5) is 0 Å². The van der Waals surface area contributed by atoms with Crippen molar-refractivity contribution < 1.29 is 4.74 Å². The zero-order chi connectivity index (χ0) is 13.0. The number of aromatic nitrogens is 2. The van der Waals surface area contributed by atoms with E-state index in [1.165, 1.54) is 5.56 Å². The van der Waals surface area contributed by atoms with Crippen molar-refractivity contribution in [1.82, 2.24) is 14.7 Å². The smallest absolute Gasteiger partial charge is 0.0599 e. The second-order valence-electron chi connectivity index (χ2n) is 4.95. The van der Waals surface area contributed by atoms with Crippen molar-refractivity contribution >= 4 is 12.4 Å². The lowest BCUT2D eigenvalue weighted by Crippen LogP contribution is -2.47. The summed E-state index contributed by atoms with van der Waals surface area (Å²) in [6, 6.07) is 0.425. The van der Waals surface area contributed by atoms with Gasteiger partial charge in [-0.2, -0.15) is 5.10 Å². The molecule has 0 amide bonds. The molecule has 1 fully saturated rings. The van der Waals surface area contributed by atoms with Crippen LogP contribution < -0.4 is 5.73 Å². The molecule has 19 heavy (non-hydrogen) atoms. The summed E-state index contributed by atoms with van der Waals surface area (Å²) in [5.41, 5.74) is 7.15. The summed E-state index contributed by atoms with van der Waals surface area (Å²) >= 11 is 0. The molecule has 1 aromatic rings. The maximum atomic E-state index is 5.88. The molecule has 0 aliphatic carbocycles. The number of hydrogen-bond acceptors (Lipinski definition) is 4. The van der Waals surface area contributed by atoms with Gasteiger partial charge < -0.3 is 10.5 Å². The van der Waals surface area contributed by atoms with Crippen molar-refractivity contribution in [3.8, 4) is 0 Å². The number of rotatable bonds is 5. The Morgan fingerprint density at radius 3 is 2.89 bits per heavy atom. The van der Waals surface area contributed by atoms with Crippen LogP contribution in [0.3, 0.4) is 0 Å². The molecule has 0 spiro atoms. The molecule has 5 nitrogen and oxygen atoms in total. The molecule has 1 aromatic heterocycles. The van der Waals surface area contributed by atoms with E-state index in [0.29, 0.717) is 18.7 Å². The normalized spacial score (nSPS) is 24.2. The maximum Gasteiger partial charge on any atom is 0.0599 e. The number of hydrogen-bond donors (Lipinski definition) is 1. The predicted molar refractivity (Wildman–Crippen MR) is 78.4 cm³/mol. The van der Waals surface area contributed by atoms with E-state index in [-0.39, 0.29) is 12.4 Å². The van der Waals surface area contributed by atoms with E-state index in [1.54, 1.807) is 7.11 Å². The van der Waals surface area contributed by atoms with Gasteiger partial charge in [0.15, 0.2) is 0 Å². The van der Waals surface area contributed by atoms with Crippen LogP contribution in [0.5, 0.6) is 0 Å². The first-order valence-corrected chi connectivity index (χ1v) is 6.75. The Bertz CT molecular complexity index is 371. The summed E-state index contributed by atoms with van der Waals surface area (Å²) in [7, 11) is 1.79. The molecule has 1 saturated heterocycles. The van der Waals surface area contributed by atoms with Gasteiger partial charge in [-0.3, -0.25) is 9.58 Å². The van der Waals surface area contributed by atoms with Gasteiger partial charge in [0.05, 0.1) is 12.3 Å². The largest absolute Gasteiger partial charge is 0.381 e. The van der Waals surface area contributed by atoms with E-state index >= 15 is 0 Å². The fourth-order valence-electron chi connectivity index (χ4n) is 2.63. The minimum atomic E-state index is 0. The Morgan fingerprint density at radius 1 is 1.53 bits per heavy atom. The third-order valence-corrected chi connectivity index (χ3v) is 3.79. The molecule has 1 aliphatic rings. The standard InChI is InChI=1S/C13H24N4O.ClH/c1-3-17-10-11(8-15-17)9-16-5-4-13(18-2)6-12(16)7-14;/h8,10,12-13H,3-7,9,14H2,1-2H3;1H. The van der Waals surface area contributed by atoms with Crippen molar-refractivity contribution in [3.63, 3.8) is 0 Å². The van der Waals surface area contributed by atoms with Gasteiger partial charge in [0.2, 0.25) is 0 Å². The Balaban J connectivity index is 0.00000180. The molecule has 0 bridgehead atoms. The molecule has 6 heteroatoms. The molecule has 110 valence electrons. The van der Waals surface area contributed by atoms with Gasteiger partial charge in [0, 0.05) is 51.1 Å². The highest BCUT2D eigenvalue weighted by Gasteiger charge is 2.27.